The molecule has 0 bridgehead atoms. The second-order valence-corrected chi connectivity index (χ2v) is 7.47. The fourth-order valence-corrected chi connectivity index (χ4v) is 3.38. The maximum absolute atomic E-state index is 14.0. The van der Waals surface area contributed by atoms with Gasteiger partial charge in [0.05, 0.1) is 5.56 Å². The van der Waals surface area contributed by atoms with Gasteiger partial charge in [-0.1, -0.05) is 38.1 Å². The molecule has 0 saturated heterocycles. The third-order valence-corrected chi connectivity index (χ3v) is 5.04. The summed E-state index contributed by atoms with van der Waals surface area (Å²) in [6, 6.07) is 10.5. The van der Waals surface area contributed by atoms with Gasteiger partial charge in [-0.15, -0.1) is 0 Å². The molecule has 6 nitrogen and oxygen atoms in total. The number of carbonyl (C=O) groups is 2. The number of amides is 2. The smallest absolute Gasteiger partial charge is 0.254 e. The van der Waals surface area contributed by atoms with Gasteiger partial charge in [0.2, 0.25) is 5.91 Å². The molecular formula is C23H27FN2O4. The van der Waals surface area contributed by atoms with Crippen molar-refractivity contribution < 1.29 is 23.5 Å². The highest BCUT2D eigenvalue weighted by atomic mass is 19.1. The monoisotopic (exact) mass is 414 g/mol. The van der Waals surface area contributed by atoms with Crippen LogP contribution in [0.3, 0.4) is 0 Å². The first-order chi connectivity index (χ1) is 14.4. The van der Waals surface area contributed by atoms with Crippen LogP contribution in [0.4, 0.5) is 4.39 Å². The predicted octanol–water partition coefficient (Wildman–Crippen LogP) is 3.40. The van der Waals surface area contributed by atoms with Crippen LogP contribution in [0.1, 0.15) is 36.7 Å². The lowest BCUT2D eigenvalue weighted by molar-refractivity contribution is -0.134. The molecule has 2 aromatic carbocycles. The lowest BCUT2D eigenvalue weighted by Gasteiger charge is -2.30. The minimum Gasteiger partial charge on any atom is -0.486 e. The zero-order valence-electron chi connectivity index (χ0n) is 17.5. The van der Waals surface area contributed by atoms with E-state index in [1.807, 2.05) is 39.0 Å². The quantitative estimate of drug-likeness (QED) is 0.754. The largest absolute Gasteiger partial charge is 0.486 e. The molecule has 0 aromatic heterocycles. The normalized spacial score (nSPS) is 13.6. The molecule has 0 spiro atoms. The topological polar surface area (TPSA) is 67.9 Å². The summed E-state index contributed by atoms with van der Waals surface area (Å²) in [5.41, 5.74) is 0.756. The Morgan fingerprint density at radius 2 is 1.83 bits per heavy atom. The molecule has 2 amide bonds. The first-order valence-electron chi connectivity index (χ1n) is 10.1. The first-order valence-corrected chi connectivity index (χ1v) is 10.1. The van der Waals surface area contributed by atoms with Crippen molar-refractivity contribution in [3.05, 3.63) is 59.4 Å². The van der Waals surface area contributed by atoms with Crippen LogP contribution in [0.2, 0.25) is 0 Å². The van der Waals surface area contributed by atoms with Crippen molar-refractivity contribution in [2.45, 2.75) is 33.4 Å². The minimum absolute atomic E-state index is 0.0818. The molecule has 0 radical (unpaired) electrons. The number of nitrogens with one attached hydrogen (secondary N) is 1. The standard InChI is InChI=1S/C23H27FN2O4/c1-4-26(14-16-8-7-11-19-21(16)30-13-12-29-19)23(28)20(15(2)3)25-22(27)17-9-5-6-10-18(17)24/h5-11,15,20H,4,12-14H2,1-3H3,(H,25,27). The number of halogens is 1. The van der Waals surface area contributed by atoms with Crippen LogP contribution >= 0.6 is 0 Å². The van der Waals surface area contributed by atoms with E-state index in [0.717, 1.165) is 5.56 Å². The van der Waals surface area contributed by atoms with E-state index in [2.05, 4.69) is 5.32 Å². The van der Waals surface area contributed by atoms with Crippen LogP contribution in [0.15, 0.2) is 42.5 Å². The van der Waals surface area contributed by atoms with Gasteiger partial charge < -0.3 is 19.7 Å². The Morgan fingerprint density at radius 1 is 1.10 bits per heavy atom. The fraction of sp³-hybridized carbons (Fsp3) is 0.391. The third-order valence-electron chi connectivity index (χ3n) is 5.04. The van der Waals surface area contributed by atoms with E-state index in [4.69, 9.17) is 9.47 Å². The van der Waals surface area contributed by atoms with Crippen LogP contribution < -0.4 is 14.8 Å². The van der Waals surface area contributed by atoms with Gasteiger partial charge in [-0.2, -0.15) is 0 Å². The third kappa shape index (κ3) is 4.72. The van der Waals surface area contributed by atoms with Crippen molar-refractivity contribution in [1.29, 1.82) is 0 Å². The number of likely N-dealkylation sites (N-methyl/N-ethyl adjacent to an activating group) is 1. The predicted molar refractivity (Wildman–Crippen MR) is 111 cm³/mol. The van der Waals surface area contributed by atoms with Crippen LogP contribution in [0.5, 0.6) is 11.5 Å². The molecule has 7 heteroatoms. The second-order valence-electron chi connectivity index (χ2n) is 7.47. The number of carbonyl (C=O) groups excluding carboxylic acids is 2. The summed E-state index contributed by atoms with van der Waals surface area (Å²) in [6.07, 6.45) is 0. The fourth-order valence-electron chi connectivity index (χ4n) is 3.38. The number of ether oxygens (including phenoxy) is 2. The van der Waals surface area contributed by atoms with Gasteiger partial charge in [-0.25, -0.2) is 4.39 Å². The number of rotatable bonds is 7. The summed E-state index contributed by atoms with van der Waals surface area (Å²) in [6.45, 7) is 7.28. The zero-order chi connectivity index (χ0) is 21.7. The van der Waals surface area contributed by atoms with Gasteiger partial charge in [-0.05, 0) is 31.0 Å². The molecule has 160 valence electrons. The summed E-state index contributed by atoms with van der Waals surface area (Å²) in [4.78, 5) is 27.5. The molecule has 1 atom stereocenters. The molecule has 2 aromatic rings. The molecule has 1 heterocycles. The number of fused-ring (bicyclic) bond motifs is 1. The molecule has 0 saturated carbocycles. The van der Waals surface area contributed by atoms with E-state index >= 15 is 0 Å². The van der Waals surface area contributed by atoms with Crippen molar-refractivity contribution in [1.82, 2.24) is 10.2 Å². The number of hydrogen-bond acceptors (Lipinski definition) is 4. The van der Waals surface area contributed by atoms with Crippen LogP contribution in [-0.2, 0) is 11.3 Å². The summed E-state index contributed by atoms with van der Waals surface area (Å²) in [5, 5.41) is 2.71. The van der Waals surface area contributed by atoms with Crippen LogP contribution in [-0.4, -0.2) is 42.5 Å². The number of nitrogens with zero attached hydrogens (tertiary/aromatic N) is 1. The van der Waals surface area contributed by atoms with Crippen molar-refractivity contribution in [3.63, 3.8) is 0 Å². The van der Waals surface area contributed by atoms with Crippen molar-refractivity contribution in [2.75, 3.05) is 19.8 Å². The van der Waals surface area contributed by atoms with E-state index in [0.29, 0.717) is 37.8 Å². The van der Waals surface area contributed by atoms with E-state index in [9.17, 15) is 14.0 Å². The highest BCUT2D eigenvalue weighted by Crippen LogP contribution is 2.34. The summed E-state index contributed by atoms with van der Waals surface area (Å²) >= 11 is 0. The first kappa shape index (κ1) is 21.6. The SMILES string of the molecule is CCN(Cc1cccc2c1OCCO2)C(=O)C(NC(=O)c1ccccc1F)C(C)C. The Kier molecular flexibility index (Phi) is 6.92. The van der Waals surface area contributed by atoms with E-state index < -0.39 is 17.8 Å². The molecule has 1 aliphatic rings. The van der Waals surface area contributed by atoms with E-state index in [-0.39, 0.29) is 17.4 Å². The Bertz CT molecular complexity index is 916. The number of hydrogen-bond donors (Lipinski definition) is 1. The summed E-state index contributed by atoms with van der Waals surface area (Å²) < 4.78 is 25.3. The van der Waals surface area contributed by atoms with E-state index in [1.54, 1.807) is 11.0 Å². The lowest BCUT2D eigenvalue weighted by Crippen LogP contribution is -2.51. The van der Waals surface area contributed by atoms with Crippen molar-refractivity contribution in [3.8, 4) is 11.5 Å². The van der Waals surface area contributed by atoms with Gasteiger partial charge in [0.15, 0.2) is 11.5 Å². The summed E-state index contributed by atoms with van der Waals surface area (Å²) in [7, 11) is 0. The Labute approximate surface area is 176 Å². The average molecular weight is 414 g/mol. The van der Waals surface area contributed by atoms with Gasteiger partial charge in [-0.3, -0.25) is 9.59 Å². The van der Waals surface area contributed by atoms with Gasteiger partial charge in [0, 0.05) is 18.7 Å². The summed E-state index contributed by atoms with van der Waals surface area (Å²) in [5.74, 6) is -0.324. The maximum atomic E-state index is 14.0. The van der Waals surface area contributed by atoms with Crippen LogP contribution in [0.25, 0.3) is 0 Å². The molecule has 30 heavy (non-hydrogen) atoms. The molecule has 1 unspecified atom stereocenters. The van der Waals surface area contributed by atoms with Crippen molar-refractivity contribution in [2.24, 2.45) is 5.92 Å². The Balaban J connectivity index is 1.78. The molecular weight excluding hydrogens is 387 g/mol. The molecule has 1 aliphatic heterocycles. The second kappa shape index (κ2) is 9.61. The van der Waals surface area contributed by atoms with Gasteiger partial charge in [0.25, 0.3) is 5.91 Å². The Morgan fingerprint density at radius 3 is 2.53 bits per heavy atom. The Hall–Kier alpha value is -3.09. The molecule has 3 rings (SSSR count). The number of para-hydroxylation sites is 1. The molecule has 0 aliphatic carbocycles. The molecule has 0 fully saturated rings. The maximum Gasteiger partial charge on any atom is 0.254 e. The van der Waals surface area contributed by atoms with Gasteiger partial charge >= 0.3 is 0 Å². The number of benzene rings is 2. The van der Waals surface area contributed by atoms with E-state index in [1.165, 1.54) is 18.2 Å². The average Bonchev–Trinajstić information content (AvgIpc) is 2.75. The van der Waals surface area contributed by atoms with Crippen LogP contribution in [0, 0.1) is 11.7 Å². The van der Waals surface area contributed by atoms with Crippen molar-refractivity contribution >= 4 is 11.8 Å². The highest BCUT2D eigenvalue weighted by Gasteiger charge is 2.30. The lowest BCUT2D eigenvalue weighted by atomic mass is 10.0. The highest BCUT2D eigenvalue weighted by molar-refractivity contribution is 5.97. The zero-order valence-corrected chi connectivity index (χ0v) is 17.5. The molecule has 1 N–H and O–H groups in total. The van der Waals surface area contributed by atoms with Gasteiger partial charge in [0.1, 0.15) is 25.1 Å². The minimum atomic E-state index is -0.784.